The van der Waals surface area contributed by atoms with Crippen LogP contribution in [0, 0.1) is 0 Å². The molecule has 6 heteroatoms. The van der Waals surface area contributed by atoms with Gasteiger partial charge in [0, 0.05) is 32.0 Å². The molecule has 5 nitrogen and oxygen atoms in total. The first-order valence-corrected chi connectivity index (χ1v) is 6.98. The second-order valence-electron chi connectivity index (χ2n) is 4.84. The summed E-state index contributed by atoms with van der Waals surface area (Å²) < 4.78 is 1.94. The van der Waals surface area contributed by atoms with Gasteiger partial charge in [-0.2, -0.15) is 5.10 Å². The average molecular weight is 397 g/mol. The van der Waals surface area contributed by atoms with Crippen LogP contribution in [0.2, 0.25) is 0 Å². The standard InChI is InChI=1S/C15H19N5.HI/c1-2-6-14(12-20-10-4-9-19-20)13(5-1)11-18-15-16-7-3-8-17-15;/h1-2,4-6,9-10H,3,7-8,11-12H2,(H2,16,17,18);1H. The van der Waals surface area contributed by atoms with Gasteiger partial charge in [-0.3, -0.25) is 9.67 Å². The van der Waals surface area contributed by atoms with E-state index in [-0.39, 0.29) is 24.0 Å². The Labute approximate surface area is 141 Å². The largest absolute Gasteiger partial charge is 0.356 e. The molecule has 1 aliphatic heterocycles. The fourth-order valence-corrected chi connectivity index (χ4v) is 2.28. The second-order valence-corrected chi connectivity index (χ2v) is 4.84. The molecule has 0 bridgehead atoms. The molecule has 2 aromatic rings. The lowest BCUT2D eigenvalue weighted by Crippen LogP contribution is -2.40. The van der Waals surface area contributed by atoms with Gasteiger partial charge in [0.2, 0.25) is 0 Å². The third kappa shape index (κ3) is 4.45. The zero-order chi connectivity index (χ0) is 13.6. The summed E-state index contributed by atoms with van der Waals surface area (Å²) in [4.78, 5) is 4.43. The number of hydrogen-bond donors (Lipinski definition) is 2. The molecule has 0 unspecified atom stereocenters. The van der Waals surface area contributed by atoms with Crippen LogP contribution in [0.1, 0.15) is 17.5 Å². The second kappa shape index (κ2) is 8.02. The molecule has 0 atom stereocenters. The number of hydrogen-bond acceptors (Lipinski definition) is 4. The summed E-state index contributed by atoms with van der Waals surface area (Å²) >= 11 is 0. The maximum Gasteiger partial charge on any atom is 0.191 e. The lowest BCUT2D eigenvalue weighted by molar-refractivity contribution is 0.672. The van der Waals surface area contributed by atoms with Crippen molar-refractivity contribution >= 4 is 29.9 Å². The van der Waals surface area contributed by atoms with Gasteiger partial charge in [-0.05, 0) is 23.6 Å². The molecule has 1 aliphatic rings. The van der Waals surface area contributed by atoms with Crippen molar-refractivity contribution in [2.75, 3.05) is 13.1 Å². The summed E-state index contributed by atoms with van der Waals surface area (Å²) in [5, 5.41) is 10.9. The van der Waals surface area contributed by atoms with Gasteiger partial charge in [0.15, 0.2) is 5.96 Å². The lowest BCUT2D eigenvalue weighted by atomic mass is 10.1. The van der Waals surface area contributed by atoms with Gasteiger partial charge in [0.25, 0.3) is 0 Å². The van der Waals surface area contributed by atoms with Crippen molar-refractivity contribution in [3.05, 3.63) is 53.9 Å². The summed E-state index contributed by atoms with van der Waals surface area (Å²) in [7, 11) is 0. The van der Waals surface area contributed by atoms with Crippen LogP contribution < -0.4 is 10.6 Å². The number of nitrogens with zero attached hydrogens (tertiary/aromatic N) is 3. The molecular formula is C15H20IN5. The van der Waals surface area contributed by atoms with Gasteiger partial charge in [-0.1, -0.05) is 24.3 Å². The van der Waals surface area contributed by atoms with Crippen molar-refractivity contribution < 1.29 is 0 Å². The Kier molecular flexibility index (Phi) is 6.04. The van der Waals surface area contributed by atoms with Gasteiger partial charge in [0.05, 0.1) is 6.54 Å². The predicted molar refractivity (Wildman–Crippen MR) is 94.9 cm³/mol. The molecule has 21 heavy (non-hydrogen) atoms. The number of aliphatic imine (C=N–C) groups is 1. The normalized spacial score (nSPS) is 13.8. The molecule has 0 spiro atoms. The molecule has 2 heterocycles. The molecule has 0 saturated carbocycles. The number of benzene rings is 1. The summed E-state index contributed by atoms with van der Waals surface area (Å²) in [6, 6.07) is 10.4. The van der Waals surface area contributed by atoms with Crippen molar-refractivity contribution in [1.29, 1.82) is 0 Å². The van der Waals surface area contributed by atoms with Crippen molar-refractivity contribution in [1.82, 2.24) is 20.4 Å². The minimum Gasteiger partial charge on any atom is -0.356 e. The van der Waals surface area contributed by atoms with Crippen molar-refractivity contribution in [3.63, 3.8) is 0 Å². The Hall–Kier alpha value is -1.57. The van der Waals surface area contributed by atoms with E-state index < -0.39 is 0 Å². The van der Waals surface area contributed by atoms with Crippen molar-refractivity contribution in [2.24, 2.45) is 4.99 Å². The van der Waals surface area contributed by atoms with E-state index >= 15 is 0 Å². The smallest absolute Gasteiger partial charge is 0.191 e. The van der Waals surface area contributed by atoms with Crippen LogP contribution >= 0.6 is 24.0 Å². The Balaban J connectivity index is 0.00000161. The van der Waals surface area contributed by atoms with Gasteiger partial charge in [-0.25, -0.2) is 0 Å². The molecule has 0 fully saturated rings. The summed E-state index contributed by atoms with van der Waals surface area (Å²) in [6.07, 6.45) is 4.90. The molecular weight excluding hydrogens is 377 g/mol. The van der Waals surface area contributed by atoms with E-state index in [1.165, 1.54) is 11.1 Å². The SMILES string of the molecule is I.c1ccc(Cn2cccn2)c(CNC2=NCCCN2)c1. The van der Waals surface area contributed by atoms with Crippen LogP contribution in [0.25, 0.3) is 0 Å². The van der Waals surface area contributed by atoms with E-state index in [9.17, 15) is 0 Å². The fraction of sp³-hybridized carbons (Fsp3) is 0.333. The quantitative estimate of drug-likeness (QED) is 0.777. The van der Waals surface area contributed by atoms with Crippen molar-refractivity contribution in [3.8, 4) is 0 Å². The van der Waals surface area contributed by atoms with E-state index in [1.807, 2.05) is 23.1 Å². The Morgan fingerprint density at radius 3 is 2.76 bits per heavy atom. The maximum absolute atomic E-state index is 4.43. The van der Waals surface area contributed by atoms with E-state index in [1.54, 1.807) is 0 Å². The molecule has 0 saturated heterocycles. The minimum atomic E-state index is 0. The average Bonchev–Trinajstić information content (AvgIpc) is 3.00. The highest BCUT2D eigenvalue weighted by molar-refractivity contribution is 14.0. The van der Waals surface area contributed by atoms with Crippen LogP contribution in [0.5, 0.6) is 0 Å². The molecule has 0 radical (unpaired) electrons. The predicted octanol–water partition coefficient (Wildman–Crippen LogP) is 1.99. The zero-order valence-electron chi connectivity index (χ0n) is 11.8. The third-order valence-corrected chi connectivity index (χ3v) is 3.35. The first kappa shape index (κ1) is 15.8. The van der Waals surface area contributed by atoms with Gasteiger partial charge in [-0.15, -0.1) is 24.0 Å². The highest BCUT2D eigenvalue weighted by Gasteiger charge is 2.06. The summed E-state index contributed by atoms with van der Waals surface area (Å²) in [5.74, 6) is 0.908. The molecule has 2 N–H and O–H groups in total. The number of nitrogens with one attached hydrogen (secondary N) is 2. The number of guanidine groups is 1. The van der Waals surface area contributed by atoms with Crippen LogP contribution in [0.4, 0.5) is 0 Å². The highest BCUT2D eigenvalue weighted by atomic mass is 127. The molecule has 1 aromatic heterocycles. The zero-order valence-corrected chi connectivity index (χ0v) is 14.2. The Morgan fingerprint density at radius 1 is 1.19 bits per heavy atom. The molecule has 0 amide bonds. The van der Waals surface area contributed by atoms with Crippen LogP contribution in [0.3, 0.4) is 0 Å². The third-order valence-electron chi connectivity index (χ3n) is 3.35. The van der Waals surface area contributed by atoms with Crippen LogP contribution in [0.15, 0.2) is 47.7 Å². The number of rotatable bonds is 4. The van der Waals surface area contributed by atoms with Crippen LogP contribution in [-0.2, 0) is 13.1 Å². The lowest BCUT2D eigenvalue weighted by Gasteiger charge is -2.17. The van der Waals surface area contributed by atoms with Crippen molar-refractivity contribution in [2.45, 2.75) is 19.5 Å². The van der Waals surface area contributed by atoms with Gasteiger partial charge in [0.1, 0.15) is 0 Å². The van der Waals surface area contributed by atoms with Gasteiger partial charge < -0.3 is 10.6 Å². The molecule has 1 aromatic carbocycles. The van der Waals surface area contributed by atoms with E-state index in [0.717, 1.165) is 38.6 Å². The molecule has 112 valence electrons. The topological polar surface area (TPSA) is 54.2 Å². The first-order chi connectivity index (χ1) is 9.92. The van der Waals surface area contributed by atoms with Gasteiger partial charge >= 0.3 is 0 Å². The van der Waals surface area contributed by atoms with E-state index in [0.29, 0.717) is 0 Å². The van der Waals surface area contributed by atoms with E-state index in [2.05, 4.69) is 45.0 Å². The monoisotopic (exact) mass is 397 g/mol. The first-order valence-electron chi connectivity index (χ1n) is 6.98. The maximum atomic E-state index is 4.43. The minimum absolute atomic E-state index is 0. The molecule has 3 rings (SSSR count). The molecule has 0 aliphatic carbocycles. The van der Waals surface area contributed by atoms with Crippen LogP contribution in [-0.4, -0.2) is 28.8 Å². The highest BCUT2D eigenvalue weighted by Crippen LogP contribution is 2.10. The fourth-order valence-electron chi connectivity index (χ4n) is 2.28. The summed E-state index contributed by atoms with van der Waals surface area (Å²) in [5.41, 5.74) is 2.55. The number of halogens is 1. The number of aromatic nitrogens is 2. The Morgan fingerprint density at radius 2 is 2.05 bits per heavy atom. The Bertz CT molecular complexity index is 580. The van der Waals surface area contributed by atoms with E-state index in [4.69, 9.17) is 0 Å². The summed E-state index contributed by atoms with van der Waals surface area (Å²) in [6.45, 7) is 3.49.